The first-order valence-electron chi connectivity index (χ1n) is 6.81. The molecular weight excluding hydrogens is 255 g/mol. The second kappa shape index (κ2) is 5.59. The van der Waals surface area contributed by atoms with E-state index in [1.165, 1.54) is 6.07 Å². The molecule has 104 valence electrons. The fourth-order valence-electron chi connectivity index (χ4n) is 2.46. The second-order valence-corrected chi connectivity index (χ2v) is 5.11. The second-order valence-electron chi connectivity index (χ2n) is 5.11. The molecule has 0 fully saturated rings. The van der Waals surface area contributed by atoms with Crippen molar-refractivity contribution < 1.29 is 9.13 Å². The van der Waals surface area contributed by atoms with Crippen LogP contribution >= 0.6 is 0 Å². The van der Waals surface area contributed by atoms with Gasteiger partial charge in [-0.1, -0.05) is 6.07 Å². The molecule has 20 heavy (non-hydrogen) atoms. The molecule has 0 bridgehead atoms. The quantitative estimate of drug-likeness (QED) is 0.929. The van der Waals surface area contributed by atoms with Gasteiger partial charge in [-0.15, -0.1) is 0 Å². The molecule has 1 aliphatic rings. The van der Waals surface area contributed by atoms with Gasteiger partial charge in [-0.05, 0) is 36.8 Å². The first kappa shape index (κ1) is 13.1. The summed E-state index contributed by atoms with van der Waals surface area (Å²) in [6.45, 7) is 2.82. The summed E-state index contributed by atoms with van der Waals surface area (Å²) in [4.78, 5) is 4.11. The van der Waals surface area contributed by atoms with Crippen molar-refractivity contribution in [2.45, 2.75) is 25.5 Å². The molecule has 0 saturated heterocycles. The summed E-state index contributed by atoms with van der Waals surface area (Å²) < 4.78 is 18.9. The zero-order chi connectivity index (χ0) is 13.9. The van der Waals surface area contributed by atoms with Crippen molar-refractivity contribution in [3.8, 4) is 5.75 Å². The standard InChI is InChI=1S/C16H17FN2O/c1-11(12-3-2-6-18-9-12)19-10-15-8-13-7-14(17)4-5-16(13)20-15/h2-7,9,11,15,19H,8,10H2,1H3/t11-,15?/m0/s1. The fourth-order valence-corrected chi connectivity index (χ4v) is 2.46. The summed E-state index contributed by atoms with van der Waals surface area (Å²) in [6.07, 6.45) is 4.43. The first-order chi connectivity index (χ1) is 9.72. The van der Waals surface area contributed by atoms with Crippen molar-refractivity contribution in [3.05, 3.63) is 59.7 Å². The molecular formula is C16H17FN2O. The lowest BCUT2D eigenvalue weighted by Crippen LogP contribution is -2.31. The normalized spacial score (nSPS) is 18.4. The van der Waals surface area contributed by atoms with Crippen LogP contribution in [-0.4, -0.2) is 17.6 Å². The van der Waals surface area contributed by atoms with E-state index in [1.54, 1.807) is 18.3 Å². The molecule has 2 atom stereocenters. The van der Waals surface area contributed by atoms with Gasteiger partial charge >= 0.3 is 0 Å². The maximum atomic E-state index is 13.1. The molecule has 0 aliphatic carbocycles. The van der Waals surface area contributed by atoms with Crippen LogP contribution < -0.4 is 10.1 Å². The summed E-state index contributed by atoms with van der Waals surface area (Å²) in [5.41, 5.74) is 2.10. The predicted octanol–water partition coefficient (Wildman–Crippen LogP) is 2.88. The molecule has 1 aromatic carbocycles. The van der Waals surface area contributed by atoms with E-state index in [1.807, 2.05) is 18.3 Å². The van der Waals surface area contributed by atoms with Gasteiger partial charge in [-0.3, -0.25) is 4.98 Å². The molecule has 3 rings (SSSR count). The Morgan fingerprint density at radius 1 is 1.45 bits per heavy atom. The zero-order valence-electron chi connectivity index (χ0n) is 11.3. The maximum absolute atomic E-state index is 13.1. The topological polar surface area (TPSA) is 34.1 Å². The highest BCUT2D eigenvalue weighted by Crippen LogP contribution is 2.29. The molecule has 3 nitrogen and oxygen atoms in total. The minimum atomic E-state index is -0.204. The third-order valence-electron chi connectivity index (χ3n) is 3.60. The number of benzene rings is 1. The van der Waals surface area contributed by atoms with Crippen molar-refractivity contribution in [3.63, 3.8) is 0 Å². The Kier molecular flexibility index (Phi) is 3.65. The van der Waals surface area contributed by atoms with Gasteiger partial charge in [0.15, 0.2) is 0 Å². The first-order valence-corrected chi connectivity index (χ1v) is 6.81. The van der Waals surface area contributed by atoms with E-state index in [9.17, 15) is 4.39 Å². The Labute approximate surface area is 117 Å². The van der Waals surface area contributed by atoms with E-state index >= 15 is 0 Å². The minimum Gasteiger partial charge on any atom is -0.488 e. The van der Waals surface area contributed by atoms with Gasteiger partial charge in [0.2, 0.25) is 0 Å². The lowest BCUT2D eigenvalue weighted by Gasteiger charge is -2.17. The number of pyridine rings is 1. The van der Waals surface area contributed by atoms with Gasteiger partial charge < -0.3 is 10.1 Å². The molecule has 0 spiro atoms. The Morgan fingerprint density at radius 3 is 3.15 bits per heavy atom. The molecule has 0 saturated carbocycles. The van der Waals surface area contributed by atoms with Crippen LogP contribution in [0.1, 0.15) is 24.1 Å². The predicted molar refractivity (Wildman–Crippen MR) is 75.2 cm³/mol. The average molecular weight is 272 g/mol. The molecule has 1 N–H and O–H groups in total. The number of ether oxygens (including phenoxy) is 1. The molecule has 0 radical (unpaired) electrons. The number of halogens is 1. The van der Waals surface area contributed by atoms with Crippen molar-refractivity contribution in [2.24, 2.45) is 0 Å². The summed E-state index contributed by atoms with van der Waals surface area (Å²) in [6, 6.07) is 8.89. The van der Waals surface area contributed by atoms with Gasteiger partial charge in [0.25, 0.3) is 0 Å². The van der Waals surface area contributed by atoms with Crippen LogP contribution in [0.4, 0.5) is 4.39 Å². The number of aromatic nitrogens is 1. The smallest absolute Gasteiger partial charge is 0.123 e. The van der Waals surface area contributed by atoms with Crippen molar-refractivity contribution in [1.29, 1.82) is 0 Å². The summed E-state index contributed by atoms with van der Waals surface area (Å²) >= 11 is 0. The van der Waals surface area contributed by atoms with Crippen LogP contribution in [0.5, 0.6) is 5.75 Å². The summed E-state index contributed by atoms with van der Waals surface area (Å²) in [5, 5.41) is 3.43. The third-order valence-corrected chi connectivity index (χ3v) is 3.60. The molecule has 2 heterocycles. The Morgan fingerprint density at radius 2 is 2.35 bits per heavy atom. The van der Waals surface area contributed by atoms with E-state index in [-0.39, 0.29) is 18.0 Å². The fraction of sp³-hybridized carbons (Fsp3) is 0.312. The lowest BCUT2D eigenvalue weighted by atomic mass is 10.1. The van der Waals surface area contributed by atoms with Gasteiger partial charge in [0.1, 0.15) is 17.7 Å². The van der Waals surface area contributed by atoms with E-state index in [0.717, 1.165) is 29.8 Å². The maximum Gasteiger partial charge on any atom is 0.123 e. The highest BCUT2D eigenvalue weighted by atomic mass is 19.1. The zero-order valence-corrected chi connectivity index (χ0v) is 11.3. The molecule has 0 amide bonds. The largest absolute Gasteiger partial charge is 0.488 e. The number of hydrogen-bond donors (Lipinski definition) is 1. The number of nitrogens with one attached hydrogen (secondary N) is 1. The van der Waals surface area contributed by atoms with Crippen LogP contribution in [0, 0.1) is 5.82 Å². The number of fused-ring (bicyclic) bond motifs is 1. The minimum absolute atomic E-state index is 0.0610. The van der Waals surface area contributed by atoms with Crippen LogP contribution in [0.2, 0.25) is 0 Å². The van der Waals surface area contributed by atoms with Crippen molar-refractivity contribution >= 4 is 0 Å². The number of nitrogens with zero attached hydrogens (tertiary/aromatic N) is 1. The summed E-state index contributed by atoms with van der Waals surface area (Å²) in [5.74, 6) is 0.594. The van der Waals surface area contributed by atoms with Crippen LogP contribution in [0.3, 0.4) is 0 Å². The molecule has 1 unspecified atom stereocenters. The Balaban J connectivity index is 1.56. The van der Waals surface area contributed by atoms with Gasteiger partial charge in [-0.2, -0.15) is 0 Å². The number of rotatable bonds is 4. The van der Waals surface area contributed by atoms with Gasteiger partial charge in [0, 0.05) is 37.0 Å². The van der Waals surface area contributed by atoms with Crippen LogP contribution in [-0.2, 0) is 6.42 Å². The van der Waals surface area contributed by atoms with E-state index in [2.05, 4.69) is 17.2 Å². The molecule has 2 aromatic rings. The molecule has 4 heteroatoms. The highest BCUT2D eigenvalue weighted by molar-refractivity contribution is 5.38. The third kappa shape index (κ3) is 2.80. The Hall–Kier alpha value is -1.94. The molecule has 1 aromatic heterocycles. The van der Waals surface area contributed by atoms with Gasteiger partial charge in [0.05, 0.1) is 0 Å². The lowest BCUT2D eigenvalue weighted by molar-refractivity contribution is 0.222. The van der Waals surface area contributed by atoms with Crippen molar-refractivity contribution in [2.75, 3.05) is 6.54 Å². The van der Waals surface area contributed by atoms with E-state index in [0.29, 0.717) is 0 Å². The van der Waals surface area contributed by atoms with E-state index in [4.69, 9.17) is 4.74 Å². The average Bonchev–Trinajstić information content (AvgIpc) is 2.87. The van der Waals surface area contributed by atoms with Gasteiger partial charge in [-0.25, -0.2) is 4.39 Å². The Bertz CT molecular complexity index is 588. The van der Waals surface area contributed by atoms with Crippen LogP contribution in [0.25, 0.3) is 0 Å². The van der Waals surface area contributed by atoms with Crippen LogP contribution in [0.15, 0.2) is 42.7 Å². The highest BCUT2D eigenvalue weighted by Gasteiger charge is 2.23. The van der Waals surface area contributed by atoms with Crippen molar-refractivity contribution in [1.82, 2.24) is 10.3 Å². The molecule has 1 aliphatic heterocycles. The number of hydrogen-bond acceptors (Lipinski definition) is 3. The summed E-state index contributed by atoms with van der Waals surface area (Å²) in [7, 11) is 0. The SMILES string of the molecule is C[C@H](NCC1Cc2cc(F)ccc2O1)c1cccnc1. The van der Waals surface area contributed by atoms with E-state index < -0.39 is 0 Å². The monoisotopic (exact) mass is 272 g/mol.